The van der Waals surface area contributed by atoms with Crippen LogP contribution in [0.3, 0.4) is 0 Å². The zero-order chi connectivity index (χ0) is 14.5. The Labute approximate surface area is 114 Å². The van der Waals surface area contributed by atoms with E-state index in [2.05, 4.69) is 4.89 Å². The van der Waals surface area contributed by atoms with E-state index in [4.69, 9.17) is 4.84 Å². The second-order valence-corrected chi connectivity index (χ2v) is 6.24. The predicted molar refractivity (Wildman–Crippen MR) is 72.2 cm³/mol. The number of carbonyl (C=O) groups is 1. The van der Waals surface area contributed by atoms with E-state index in [1.54, 1.807) is 19.1 Å². The zero-order valence-corrected chi connectivity index (χ0v) is 12.2. The molecule has 1 rings (SSSR count). The summed E-state index contributed by atoms with van der Waals surface area (Å²) >= 11 is 0. The topological polar surface area (TPSA) is 72.5 Å². The van der Waals surface area contributed by atoms with Crippen molar-refractivity contribution >= 4 is 15.8 Å². The summed E-state index contributed by atoms with van der Waals surface area (Å²) in [6, 6.07) is 5.92. The van der Waals surface area contributed by atoms with E-state index in [9.17, 15) is 13.2 Å². The maximum atomic E-state index is 11.9. The number of hydrogen-bond donors (Lipinski definition) is 1. The lowest BCUT2D eigenvalue weighted by atomic mass is 10.1. The molecule has 6 heteroatoms. The van der Waals surface area contributed by atoms with Crippen molar-refractivity contribution < 1.29 is 18.0 Å². The maximum absolute atomic E-state index is 11.9. The molecule has 0 fully saturated rings. The van der Waals surface area contributed by atoms with Crippen LogP contribution in [0.15, 0.2) is 29.2 Å². The van der Waals surface area contributed by atoms with Gasteiger partial charge in [0, 0.05) is 12.0 Å². The fourth-order valence-corrected chi connectivity index (χ4v) is 2.23. The molecule has 0 spiro atoms. The first-order chi connectivity index (χ1) is 8.86. The van der Waals surface area contributed by atoms with Crippen molar-refractivity contribution in [2.24, 2.45) is 5.92 Å². The third-order valence-corrected chi connectivity index (χ3v) is 3.58. The molecule has 0 heterocycles. The van der Waals surface area contributed by atoms with Crippen molar-refractivity contribution in [3.05, 3.63) is 29.8 Å². The minimum atomic E-state index is -3.74. The van der Waals surface area contributed by atoms with E-state index in [0.717, 1.165) is 0 Å². The molecule has 0 radical (unpaired) electrons. The van der Waals surface area contributed by atoms with E-state index < -0.39 is 10.0 Å². The Morgan fingerprint density at radius 1 is 1.37 bits per heavy atom. The molecular formula is C13H19NO4S. The van der Waals surface area contributed by atoms with Gasteiger partial charge in [-0.25, -0.2) is 8.42 Å². The summed E-state index contributed by atoms with van der Waals surface area (Å²) < 4.78 is 23.9. The predicted octanol–water partition coefficient (Wildman–Crippen LogP) is 2.15. The molecule has 106 valence electrons. The number of hydrogen-bond acceptors (Lipinski definition) is 4. The average Bonchev–Trinajstić information content (AvgIpc) is 2.37. The van der Waals surface area contributed by atoms with Crippen molar-refractivity contribution in [1.82, 2.24) is 4.89 Å². The summed E-state index contributed by atoms with van der Waals surface area (Å²) in [7, 11) is -3.74. The molecule has 19 heavy (non-hydrogen) atoms. The minimum absolute atomic E-state index is 0.0237. The standard InChI is InChI=1S/C13H19NO4S/c1-4-13(15)11-6-5-7-12(8-11)19(16,17)14-18-9-10(2)3/h5-8,10,14H,4,9H2,1-3H3. The van der Waals surface area contributed by atoms with Gasteiger partial charge in [0.15, 0.2) is 5.78 Å². The Balaban J connectivity index is 2.86. The Kier molecular flexibility index (Phi) is 5.65. The molecule has 0 saturated heterocycles. The summed E-state index contributed by atoms with van der Waals surface area (Å²) in [6.45, 7) is 5.84. The smallest absolute Gasteiger partial charge is 0.262 e. The second kappa shape index (κ2) is 6.79. The Morgan fingerprint density at radius 2 is 2.05 bits per heavy atom. The van der Waals surface area contributed by atoms with Crippen LogP contribution in [0.4, 0.5) is 0 Å². The highest BCUT2D eigenvalue weighted by Gasteiger charge is 2.16. The van der Waals surface area contributed by atoms with Crippen LogP contribution in [-0.2, 0) is 14.9 Å². The van der Waals surface area contributed by atoms with Gasteiger partial charge in [0.1, 0.15) is 0 Å². The van der Waals surface area contributed by atoms with Crippen molar-refractivity contribution in [3.63, 3.8) is 0 Å². The normalized spacial score (nSPS) is 11.8. The van der Waals surface area contributed by atoms with Crippen LogP contribution in [0.2, 0.25) is 0 Å². The van der Waals surface area contributed by atoms with Crippen LogP contribution in [0.1, 0.15) is 37.6 Å². The molecular weight excluding hydrogens is 266 g/mol. The molecule has 1 aromatic carbocycles. The minimum Gasteiger partial charge on any atom is -0.294 e. The van der Waals surface area contributed by atoms with Crippen molar-refractivity contribution in [2.75, 3.05) is 6.61 Å². The molecule has 0 unspecified atom stereocenters. The second-order valence-electron chi connectivity index (χ2n) is 4.60. The van der Waals surface area contributed by atoms with Gasteiger partial charge in [-0.1, -0.05) is 37.8 Å². The Morgan fingerprint density at radius 3 is 2.63 bits per heavy atom. The van der Waals surface area contributed by atoms with Crippen molar-refractivity contribution in [2.45, 2.75) is 32.1 Å². The zero-order valence-electron chi connectivity index (χ0n) is 11.3. The third kappa shape index (κ3) is 4.74. The summed E-state index contributed by atoms with van der Waals surface area (Å²) in [5, 5.41) is 0. The fraction of sp³-hybridized carbons (Fsp3) is 0.462. The monoisotopic (exact) mass is 285 g/mol. The van der Waals surface area contributed by atoms with Crippen LogP contribution >= 0.6 is 0 Å². The first kappa shape index (κ1) is 15.8. The number of sulfonamides is 1. The number of nitrogens with one attached hydrogen (secondary N) is 1. The van der Waals surface area contributed by atoms with Crippen LogP contribution in [0.5, 0.6) is 0 Å². The Hall–Kier alpha value is -1.24. The number of benzene rings is 1. The number of ketones is 1. The SMILES string of the molecule is CCC(=O)c1cccc(S(=O)(=O)NOCC(C)C)c1. The van der Waals surface area contributed by atoms with Gasteiger partial charge < -0.3 is 0 Å². The van der Waals surface area contributed by atoms with E-state index in [0.29, 0.717) is 12.0 Å². The van der Waals surface area contributed by atoms with Crippen molar-refractivity contribution in [1.29, 1.82) is 0 Å². The molecule has 1 N–H and O–H groups in total. The maximum Gasteiger partial charge on any atom is 0.262 e. The average molecular weight is 285 g/mol. The number of rotatable bonds is 7. The summed E-state index contributed by atoms with van der Waals surface area (Å²) in [5.74, 6) is 0.121. The van der Waals surface area contributed by atoms with Gasteiger partial charge >= 0.3 is 0 Å². The molecule has 0 aliphatic heterocycles. The molecule has 0 aromatic heterocycles. The molecule has 0 amide bonds. The van der Waals surface area contributed by atoms with Gasteiger partial charge in [-0.3, -0.25) is 9.63 Å². The van der Waals surface area contributed by atoms with Crippen molar-refractivity contribution in [3.8, 4) is 0 Å². The van der Waals surface area contributed by atoms with Gasteiger partial charge in [0.05, 0.1) is 11.5 Å². The first-order valence-electron chi connectivity index (χ1n) is 6.13. The lowest BCUT2D eigenvalue weighted by Gasteiger charge is -2.09. The highest BCUT2D eigenvalue weighted by Crippen LogP contribution is 2.13. The van der Waals surface area contributed by atoms with Crippen LogP contribution in [-0.4, -0.2) is 20.8 Å². The van der Waals surface area contributed by atoms with Crippen LogP contribution in [0, 0.1) is 5.92 Å². The van der Waals surface area contributed by atoms with E-state index in [-0.39, 0.29) is 23.2 Å². The van der Waals surface area contributed by atoms with Gasteiger partial charge in [-0.15, -0.1) is 0 Å². The molecule has 5 nitrogen and oxygen atoms in total. The van der Waals surface area contributed by atoms with E-state index >= 15 is 0 Å². The number of Topliss-reactive ketones (excluding diaryl/α,β-unsaturated/α-hetero) is 1. The van der Waals surface area contributed by atoms with Gasteiger partial charge in [-0.05, 0) is 18.1 Å². The lowest BCUT2D eigenvalue weighted by Crippen LogP contribution is -2.26. The molecule has 0 atom stereocenters. The highest BCUT2D eigenvalue weighted by molar-refractivity contribution is 7.89. The molecule has 0 saturated carbocycles. The van der Waals surface area contributed by atoms with Gasteiger partial charge in [-0.2, -0.15) is 0 Å². The first-order valence-corrected chi connectivity index (χ1v) is 7.62. The summed E-state index contributed by atoms with van der Waals surface area (Å²) in [5.41, 5.74) is 0.384. The molecule has 0 aliphatic rings. The van der Waals surface area contributed by atoms with Gasteiger partial charge in [0.25, 0.3) is 10.0 Å². The Bertz CT molecular complexity index is 537. The quantitative estimate of drug-likeness (QED) is 0.615. The fourth-order valence-electron chi connectivity index (χ4n) is 1.37. The van der Waals surface area contributed by atoms with E-state index in [1.807, 2.05) is 13.8 Å². The van der Waals surface area contributed by atoms with Crippen LogP contribution in [0.25, 0.3) is 0 Å². The number of carbonyl (C=O) groups excluding carboxylic acids is 1. The molecule has 0 aliphatic carbocycles. The highest BCUT2D eigenvalue weighted by atomic mass is 32.2. The molecule has 1 aromatic rings. The van der Waals surface area contributed by atoms with Crippen LogP contribution < -0.4 is 4.89 Å². The summed E-state index contributed by atoms with van der Waals surface area (Å²) in [6.07, 6.45) is 0.334. The summed E-state index contributed by atoms with van der Waals surface area (Å²) in [4.78, 5) is 18.5. The molecule has 0 bridgehead atoms. The third-order valence-electron chi connectivity index (χ3n) is 2.37. The lowest BCUT2D eigenvalue weighted by molar-refractivity contribution is 0.0718. The van der Waals surface area contributed by atoms with Gasteiger partial charge in [0.2, 0.25) is 0 Å². The van der Waals surface area contributed by atoms with E-state index in [1.165, 1.54) is 12.1 Å². The largest absolute Gasteiger partial charge is 0.294 e.